The van der Waals surface area contributed by atoms with Crippen LogP contribution in [0.3, 0.4) is 0 Å². The summed E-state index contributed by atoms with van der Waals surface area (Å²) in [7, 11) is 1.53. The summed E-state index contributed by atoms with van der Waals surface area (Å²) in [5, 5.41) is 0. The molecule has 0 aliphatic carbocycles. The van der Waals surface area contributed by atoms with Gasteiger partial charge in [-0.3, -0.25) is 19.6 Å². The molecule has 2 rings (SSSR count). The van der Waals surface area contributed by atoms with Crippen LogP contribution in [0.1, 0.15) is 16.1 Å². The van der Waals surface area contributed by atoms with Gasteiger partial charge in [0.15, 0.2) is 5.76 Å². The molecular weight excluding hydrogens is 252 g/mol. The van der Waals surface area contributed by atoms with Crippen LogP contribution >= 0.6 is 0 Å². The van der Waals surface area contributed by atoms with Crippen molar-refractivity contribution in [2.75, 3.05) is 0 Å². The zero-order valence-electron chi connectivity index (χ0n) is 10.1. The molecule has 0 fully saturated rings. The Morgan fingerprint density at radius 1 is 1.42 bits per heavy atom. The second kappa shape index (κ2) is 4.94. The number of aromatic nitrogens is 2. The van der Waals surface area contributed by atoms with E-state index in [0.717, 1.165) is 4.57 Å². The van der Waals surface area contributed by atoms with Crippen LogP contribution in [0.25, 0.3) is 0 Å². The monoisotopic (exact) mass is 264 g/mol. The smallest absolute Gasteiger partial charge is 0.331 e. The fourth-order valence-electron chi connectivity index (χ4n) is 1.65. The molecule has 2 heterocycles. The van der Waals surface area contributed by atoms with Crippen molar-refractivity contribution in [3.63, 3.8) is 0 Å². The highest BCUT2D eigenvalue weighted by molar-refractivity contribution is 5.92. The van der Waals surface area contributed by atoms with E-state index in [4.69, 9.17) is 10.3 Å². The maximum Gasteiger partial charge on any atom is 0.331 e. The van der Waals surface area contributed by atoms with Gasteiger partial charge in [0, 0.05) is 24.9 Å². The molecular formula is C11H12N4O4. The lowest BCUT2D eigenvalue weighted by molar-refractivity contribution is 0.0924. The van der Waals surface area contributed by atoms with Gasteiger partial charge in [-0.1, -0.05) is 0 Å². The third-order valence-corrected chi connectivity index (χ3v) is 2.65. The average Bonchev–Trinajstić information content (AvgIpc) is 2.86. The van der Waals surface area contributed by atoms with Gasteiger partial charge in [0.25, 0.3) is 5.56 Å². The Morgan fingerprint density at radius 3 is 2.84 bits per heavy atom. The van der Waals surface area contributed by atoms with Crippen molar-refractivity contribution in [3.05, 3.63) is 56.8 Å². The Hall–Kier alpha value is -2.61. The molecule has 1 amide bonds. The van der Waals surface area contributed by atoms with Crippen molar-refractivity contribution in [1.82, 2.24) is 14.6 Å². The minimum Gasteiger partial charge on any atom is -0.459 e. The van der Waals surface area contributed by atoms with Gasteiger partial charge >= 0.3 is 11.6 Å². The molecule has 8 nitrogen and oxygen atoms in total. The van der Waals surface area contributed by atoms with Crippen molar-refractivity contribution in [1.29, 1.82) is 0 Å². The summed E-state index contributed by atoms with van der Waals surface area (Å²) in [5.74, 6) is 4.36. The quantitative estimate of drug-likeness (QED) is 0.410. The molecule has 0 saturated heterocycles. The molecule has 0 aromatic carbocycles. The topological polar surface area (TPSA) is 112 Å². The highest BCUT2D eigenvalue weighted by Gasteiger charge is 2.16. The number of nitrogen functional groups attached to an aromatic ring is 1. The summed E-state index contributed by atoms with van der Waals surface area (Å²) >= 11 is 0. The number of hydrogen-bond donors (Lipinski definition) is 2. The van der Waals surface area contributed by atoms with Gasteiger partial charge in [-0.25, -0.2) is 10.6 Å². The number of furan rings is 1. The maximum atomic E-state index is 11.8. The third-order valence-electron chi connectivity index (χ3n) is 2.65. The first-order valence-corrected chi connectivity index (χ1v) is 5.38. The number of nitrogens with two attached hydrogens (primary N) is 1. The Balaban J connectivity index is 2.46. The third kappa shape index (κ3) is 2.33. The van der Waals surface area contributed by atoms with E-state index >= 15 is 0 Å². The number of nitrogens with one attached hydrogen (secondary N) is 1. The van der Waals surface area contributed by atoms with E-state index in [0.29, 0.717) is 5.56 Å². The summed E-state index contributed by atoms with van der Waals surface area (Å²) in [5.41, 5.74) is 1.39. The van der Waals surface area contributed by atoms with Crippen molar-refractivity contribution in [3.8, 4) is 0 Å². The van der Waals surface area contributed by atoms with E-state index in [1.807, 2.05) is 5.43 Å². The number of carbonyl (C=O) groups is 1. The first-order valence-electron chi connectivity index (χ1n) is 5.38. The van der Waals surface area contributed by atoms with Crippen LogP contribution in [-0.4, -0.2) is 15.0 Å². The van der Waals surface area contributed by atoms with Crippen molar-refractivity contribution in [2.24, 2.45) is 12.9 Å². The maximum absolute atomic E-state index is 11.8. The number of rotatable bonds is 3. The van der Waals surface area contributed by atoms with E-state index < -0.39 is 17.2 Å². The predicted molar refractivity (Wildman–Crippen MR) is 65.4 cm³/mol. The van der Waals surface area contributed by atoms with Gasteiger partial charge < -0.3 is 8.98 Å². The van der Waals surface area contributed by atoms with Crippen molar-refractivity contribution < 1.29 is 9.21 Å². The van der Waals surface area contributed by atoms with Gasteiger partial charge in [0.1, 0.15) is 0 Å². The van der Waals surface area contributed by atoms with Crippen molar-refractivity contribution in [2.45, 2.75) is 6.54 Å². The van der Waals surface area contributed by atoms with Gasteiger partial charge in [0.05, 0.1) is 12.8 Å². The van der Waals surface area contributed by atoms with E-state index in [9.17, 15) is 14.4 Å². The highest BCUT2D eigenvalue weighted by Crippen LogP contribution is 2.10. The highest BCUT2D eigenvalue weighted by atomic mass is 16.3. The Bertz CT molecular complexity index is 725. The number of aryl methyl sites for hydroxylation is 1. The Labute approximate surface area is 107 Å². The molecule has 2 aromatic rings. The molecule has 0 aliphatic rings. The number of hydrazine groups is 1. The zero-order chi connectivity index (χ0) is 14.0. The van der Waals surface area contributed by atoms with E-state index in [1.165, 1.54) is 36.2 Å². The van der Waals surface area contributed by atoms with Gasteiger partial charge in [0.2, 0.25) is 0 Å². The minimum absolute atomic E-state index is 0.0275. The lowest BCUT2D eigenvalue weighted by atomic mass is 10.2. The van der Waals surface area contributed by atoms with Gasteiger partial charge in [-0.15, -0.1) is 0 Å². The molecule has 0 spiro atoms. The first kappa shape index (κ1) is 12.8. The molecule has 8 heteroatoms. The molecule has 0 unspecified atom stereocenters. The molecule has 2 aromatic heterocycles. The van der Waals surface area contributed by atoms with E-state index in [2.05, 4.69) is 0 Å². The first-order chi connectivity index (χ1) is 9.04. The molecule has 100 valence electrons. The van der Waals surface area contributed by atoms with Crippen LogP contribution < -0.4 is 22.5 Å². The van der Waals surface area contributed by atoms with Crippen LogP contribution in [0.15, 0.2) is 38.6 Å². The van der Waals surface area contributed by atoms with Crippen molar-refractivity contribution >= 4 is 5.91 Å². The summed E-state index contributed by atoms with van der Waals surface area (Å²) in [6.07, 6.45) is 2.67. The molecule has 0 atom stereocenters. The van der Waals surface area contributed by atoms with Crippen LogP contribution in [0.2, 0.25) is 0 Å². The predicted octanol–water partition coefficient (Wildman–Crippen LogP) is -1.21. The fraction of sp³-hybridized carbons (Fsp3) is 0.182. The normalized spacial score (nSPS) is 10.4. The van der Waals surface area contributed by atoms with E-state index in [-0.39, 0.29) is 12.3 Å². The standard InChI is InChI=1S/C11H12N4O4/c1-14-4-2-8(16)15(11(14)18)6-7-3-5-19-9(7)10(17)13-12/h2-5H,6,12H2,1H3,(H,13,17). The SMILES string of the molecule is Cn1ccc(=O)n(Cc2ccoc2C(=O)NN)c1=O. The second-order valence-corrected chi connectivity index (χ2v) is 3.88. The summed E-state index contributed by atoms with van der Waals surface area (Å²) in [6.45, 7) is -0.0639. The Kier molecular flexibility index (Phi) is 3.34. The molecule has 0 bridgehead atoms. The number of amides is 1. The lowest BCUT2D eigenvalue weighted by Gasteiger charge is -2.06. The Morgan fingerprint density at radius 2 is 2.16 bits per heavy atom. The number of hydrogen-bond acceptors (Lipinski definition) is 5. The van der Waals surface area contributed by atoms with Gasteiger partial charge in [-0.2, -0.15) is 0 Å². The van der Waals surface area contributed by atoms with Crippen LogP contribution in [0, 0.1) is 0 Å². The summed E-state index contributed by atoms with van der Waals surface area (Å²) < 4.78 is 7.25. The lowest BCUT2D eigenvalue weighted by Crippen LogP contribution is -2.38. The van der Waals surface area contributed by atoms with E-state index in [1.54, 1.807) is 0 Å². The summed E-state index contributed by atoms with van der Waals surface area (Å²) in [6, 6.07) is 2.77. The second-order valence-electron chi connectivity index (χ2n) is 3.88. The molecule has 0 saturated carbocycles. The summed E-state index contributed by atoms with van der Waals surface area (Å²) in [4.78, 5) is 34.9. The average molecular weight is 264 g/mol. The largest absolute Gasteiger partial charge is 0.459 e. The van der Waals surface area contributed by atoms with Crippen LogP contribution in [0.4, 0.5) is 0 Å². The molecule has 0 aliphatic heterocycles. The zero-order valence-corrected chi connectivity index (χ0v) is 10.1. The minimum atomic E-state index is -0.624. The van der Waals surface area contributed by atoms with Gasteiger partial charge in [-0.05, 0) is 6.07 Å². The van der Waals surface area contributed by atoms with Crippen LogP contribution in [0.5, 0.6) is 0 Å². The van der Waals surface area contributed by atoms with Crippen LogP contribution in [-0.2, 0) is 13.6 Å². The number of carbonyl (C=O) groups excluding carboxylic acids is 1. The molecule has 19 heavy (non-hydrogen) atoms. The molecule has 0 radical (unpaired) electrons. The molecule has 3 N–H and O–H groups in total. The number of nitrogens with zero attached hydrogens (tertiary/aromatic N) is 2. The fourth-order valence-corrected chi connectivity index (χ4v) is 1.65.